The van der Waals surface area contributed by atoms with E-state index in [1.807, 2.05) is 13.8 Å². The average molecular weight is 444 g/mol. The molecular formula is C21H37N3O5S. The molecule has 8 nitrogen and oxygen atoms in total. The highest BCUT2D eigenvalue weighted by atomic mass is 32.1. The minimum atomic E-state index is -0.865. The highest BCUT2D eigenvalue weighted by Crippen LogP contribution is 2.15. The van der Waals surface area contributed by atoms with E-state index in [0.29, 0.717) is 6.42 Å². The molecule has 0 saturated heterocycles. The third kappa shape index (κ3) is 10.6. The van der Waals surface area contributed by atoms with Crippen molar-refractivity contribution in [2.24, 2.45) is 17.6 Å². The van der Waals surface area contributed by atoms with Gasteiger partial charge in [0.05, 0.1) is 11.0 Å². The van der Waals surface area contributed by atoms with Crippen molar-refractivity contribution in [3.63, 3.8) is 0 Å². The lowest BCUT2D eigenvalue weighted by Crippen LogP contribution is -2.54. The number of esters is 1. The summed E-state index contributed by atoms with van der Waals surface area (Å²) >= 11 is 5.13. The molecule has 0 radical (unpaired) electrons. The highest BCUT2D eigenvalue weighted by Gasteiger charge is 2.33. The van der Waals surface area contributed by atoms with Gasteiger partial charge in [-0.2, -0.15) is 0 Å². The molecule has 2 unspecified atom stereocenters. The van der Waals surface area contributed by atoms with Crippen LogP contribution in [0.1, 0.15) is 54.9 Å². The van der Waals surface area contributed by atoms with Crippen molar-refractivity contribution in [2.75, 3.05) is 13.2 Å². The summed E-state index contributed by atoms with van der Waals surface area (Å²) in [5.41, 5.74) is 5.16. The van der Waals surface area contributed by atoms with Gasteiger partial charge in [0, 0.05) is 0 Å². The van der Waals surface area contributed by atoms with Crippen LogP contribution in [0.25, 0.3) is 0 Å². The van der Waals surface area contributed by atoms with Crippen molar-refractivity contribution in [1.29, 1.82) is 0 Å². The van der Waals surface area contributed by atoms with Crippen LogP contribution in [0.3, 0.4) is 0 Å². The lowest BCUT2D eigenvalue weighted by molar-refractivity contribution is -0.160. The number of amides is 2. The van der Waals surface area contributed by atoms with E-state index in [1.54, 1.807) is 34.6 Å². The van der Waals surface area contributed by atoms with Crippen molar-refractivity contribution in [3.8, 4) is 0 Å². The average Bonchev–Trinajstić information content (AvgIpc) is 2.58. The lowest BCUT2D eigenvalue weighted by Gasteiger charge is -2.32. The van der Waals surface area contributed by atoms with E-state index < -0.39 is 35.7 Å². The summed E-state index contributed by atoms with van der Waals surface area (Å²) in [6, 6.07) is -1.53. The van der Waals surface area contributed by atoms with Gasteiger partial charge in [-0.3, -0.25) is 9.69 Å². The molecule has 0 aromatic rings. The normalized spacial score (nSPS) is 13.4. The van der Waals surface area contributed by atoms with Gasteiger partial charge in [-0.05, 0) is 39.0 Å². The van der Waals surface area contributed by atoms with Crippen LogP contribution in [0.2, 0.25) is 0 Å². The van der Waals surface area contributed by atoms with Gasteiger partial charge in [0.15, 0.2) is 0 Å². The zero-order valence-electron chi connectivity index (χ0n) is 19.2. The maximum atomic E-state index is 12.8. The minimum Gasteiger partial charge on any atom is -0.458 e. The fraction of sp³-hybridized carbons (Fsp3) is 0.714. The van der Waals surface area contributed by atoms with Crippen molar-refractivity contribution < 1.29 is 23.9 Å². The Morgan fingerprint density at radius 3 is 2.17 bits per heavy atom. The van der Waals surface area contributed by atoms with Gasteiger partial charge < -0.3 is 20.5 Å². The molecule has 30 heavy (non-hydrogen) atoms. The van der Waals surface area contributed by atoms with E-state index >= 15 is 0 Å². The van der Waals surface area contributed by atoms with Gasteiger partial charge in [0.2, 0.25) is 5.91 Å². The standard InChI is InChI=1S/C21H37N3O5S/c1-9-10-28-20(27)24(15(18(22)30)11-13(2)3)12-16(25)23-17(14(4)5)19(26)29-21(6,7)8/h9,13-15,17H,1,10-12H2,2-8H3,(H2,22,30)(H,23,25). The number of thiocarbonyl (C=S) groups is 1. The zero-order chi connectivity index (χ0) is 23.6. The van der Waals surface area contributed by atoms with Gasteiger partial charge in [-0.25, -0.2) is 9.59 Å². The second kappa shape index (κ2) is 12.5. The van der Waals surface area contributed by atoms with Crippen molar-refractivity contribution in [3.05, 3.63) is 12.7 Å². The molecule has 0 spiro atoms. The third-order valence-electron chi connectivity index (χ3n) is 3.92. The third-order valence-corrected chi connectivity index (χ3v) is 4.19. The second-order valence-electron chi connectivity index (χ2n) is 8.86. The van der Waals surface area contributed by atoms with Crippen LogP contribution in [0.15, 0.2) is 12.7 Å². The van der Waals surface area contributed by atoms with Gasteiger partial charge in [0.25, 0.3) is 0 Å². The molecule has 0 bridgehead atoms. The summed E-state index contributed by atoms with van der Waals surface area (Å²) in [6.07, 6.45) is 1.15. The SMILES string of the molecule is C=CCOC(=O)N(CC(=O)NC(C(=O)OC(C)(C)C)C(C)C)C(CC(C)C)C(N)=S. The quantitative estimate of drug-likeness (QED) is 0.287. The first kappa shape index (κ1) is 27.8. The Morgan fingerprint density at radius 2 is 1.77 bits per heavy atom. The van der Waals surface area contributed by atoms with Gasteiger partial charge in [-0.1, -0.05) is 52.6 Å². The molecule has 172 valence electrons. The number of ether oxygens (including phenoxy) is 2. The topological polar surface area (TPSA) is 111 Å². The number of hydrogen-bond donors (Lipinski definition) is 2. The predicted octanol–water partition coefficient (Wildman–Crippen LogP) is 2.79. The first-order valence-electron chi connectivity index (χ1n) is 10.0. The summed E-state index contributed by atoms with van der Waals surface area (Å²) in [5, 5.41) is 2.66. The van der Waals surface area contributed by atoms with Gasteiger partial charge in [0.1, 0.15) is 24.8 Å². The lowest BCUT2D eigenvalue weighted by atomic mass is 10.0. The summed E-state index contributed by atoms with van der Waals surface area (Å²) < 4.78 is 10.5. The number of carbonyl (C=O) groups excluding carboxylic acids is 3. The van der Waals surface area contributed by atoms with E-state index in [-0.39, 0.29) is 30.0 Å². The predicted molar refractivity (Wildman–Crippen MR) is 121 cm³/mol. The number of hydrogen-bond acceptors (Lipinski definition) is 6. The van der Waals surface area contributed by atoms with Crippen LogP contribution in [0, 0.1) is 11.8 Å². The molecule has 2 atom stereocenters. The number of nitrogens with zero attached hydrogens (tertiary/aromatic N) is 1. The minimum absolute atomic E-state index is 0.0186. The van der Waals surface area contributed by atoms with E-state index in [9.17, 15) is 14.4 Å². The number of nitrogens with two attached hydrogens (primary N) is 1. The van der Waals surface area contributed by atoms with Crippen LogP contribution in [0.5, 0.6) is 0 Å². The highest BCUT2D eigenvalue weighted by molar-refractivity contribution is 7.80. The smallest absolute Gasteiger partial charge is 0.411 e. The fourth-order valence-electron chi connectivity index (χ4n) is 2.60. The Labute approximate surface area is 185 Å². The summed E-state index contributed by atoms with van der Waals surface area (Å²) in [7, 11) is 0. The maximum Gasteiger partial charge on any atom is 0.411 e. The van der Waals surface area contributed by atoms with Crippen LogP contribution in [-0.4, -0.2) is 58.7 Å². The molecule has 9 heteroatoms. The molecule has 0 aliphatic carbocycles. The summed E-state index contributed by atoms with van der Waals surface area (Å²) in [6.45, 7) is 15.9. The molecule has 0 fully saturated rings. The monoisotopic (exact) mass is 443 g/mol. The van der Waals surface area contributed by atoms with E-state index in [2.05, 4.69) is 11.9 Å². The number of nitrogens with one attached hydrogen (secondary N) is 1. The molecule has 0 heterocycles. The summed E-state index contributed by atoms with van der Waals surface area (Å²) in [4.78, 5) is 39.1. The fourth-order valence-corrected chi connectivity index (χ4v) is 2.82. The molecule has 0 aliphatic rings. The van der Waals surface area contributed by atoms with Crippen LogP contribution in [0.4, 0.5) is 4.79 Å². The second-order valence-corrected chi connectivity index (χ2v) is 9.34. The van der Waals surface area contributed by atoms with E-state index in [4.69, 9.17) is 27.4 Å². The molecule has 0 saturated carbocycles. The van der Waals surface area contributed by atoms with Crippen LogP contribution < -0.4 is 11.1 Å². The van der Waals surface area contributed by atoms with Crippen LogP contribution in [-0.2, 0) is 19.1 Å². The van der Waals surface area contributed by atoms with Gasteiger partial charge >= 0.3 is 12.1 Å². The first-order valence-corrected chi connectivity index (χ1v) is 10.5. The van der Waals surface area contributed by atoms with Crippen molar-refractivity contribution in [2.45, 2.75) is 72.6 Å². The van der Waals surface area contributed by atoms with E-state index in [0.717, 1.165) is 0 Å². The maximum absolute atomic E-state index is 12.8. The van der Waals surface area contributed by atoms with Crippen molar-refractivity contribution in [1.82, 2.24) is 10.2 Å². The van der Waals surface area contributed by atoms with Gasteiger partial charge in [-0.15, -0.1) is 0 Å². The molecular weight excluding hydrogens is 406 g/mol. The Balaban J connectivity index is 5.55. The number of carbonyl (C=O) groups is 3. The Morgan fingerprint density at radius 1 is 1.20 bits per heavy atom. The molecule has 2 amide bonds. The largest absolute Gasteiger partial charge is 0.458 e. The molecule has 0 aromatic carbocycles. The Hall–Kier alpha value is -2.16. The number of rotatable bonds is 11. The van der Waals surface area contributed by atoms with Crippen LogP contribution >= 0.6 is 12.2 Å². The van der Waals surface area contributed by atoms with E-state index in [1.165, 1.54) is 11.0 Å². The zero-order valence-corrected chi connectivity index (χ0v) is 20.0. The van der Waals surface area contributed by atoms with Crippen molar-refractivity contribution >= 4 is 35.2 Å². The Bertz CT molecular complexity index is 629. The molecule has 0 aromatic heterocycles. The Kier molecular flexibility index (Phi) is 11.6. The summed E-state index contributed by atoms with van der Waals surface area (Å²) in [5.74, 6) is -1.13. The molecule has 0 rings (SSSR count). The first-order chi connectivity index (χ1) is 13.7. The molecule has 0 aliphatic heterocycles. The molecule has 3 N–H and O–H groups in total.